The Hall–Kier alpha value is -1.39. The minimum atomic E-state index is 0.242. The molecule has 2 rings (SSSR count). The Kier molecular flexibility index (Phi) is 4.33. The van der Waals surface area contributed by atoms with Crippen LogP contribution in [-0.2, 0) is 0 Å². The third kappa shape index (κ3) is 3.31. The first-order chi connectivity index (χ1) is 8.69. The molecule has 1 unspecified atom stereocenters. The Labute approximate surface area is 115 Å². The van der Waals surface area contributed by atoms with E-state index in [1.165, 1.54) is 0 Å². The van der Waals surface area contributed by atoms with Crippen molar-refractivity contribution in [2.24, 2.45) is 0 Å². The van der Waals surface area contributed by atoms with Gasteiger partial charge in [-0.25, -0.2) is 0 Å². The summed E-state index contributed by atoms with van der Waals surface area (Å²) in [7, 11) is 1.92. The van der Waals surface area contributed by atoms with Crippen LogP contribution in [0.15, 0.2) is 47.1 Å². The molecule has 0 fully saturated rings. The Morgan fingerprint density at radius 2 is 1.78 bits per heavy atom. The lowest BCUT2D eigenvalue weighted by Gasteiger charge is -2.10. The van der Waals surface area contributed by atoms with Crippen LogP contribution in [-0.4, -0.2) is 12.0 Å². The van der Waals surface area contributed by atoms with Crippen molar-refractivity contribution in [3.8, 4) is 11.5 Å². The average molecular weight is 307 g/mol. The highest BCUT2D eigenvalue weighted by Crippen LogP contribution is 2.23. The minimum absolute atomic E-state index is 0.242. The fourth-order valence-electron chi connectivity index (χ4n) is 1.49. The molecule has 1 atom stereocenters. The lowest BCUT2D eigenvalue weighted by atomic mass is 10.2. The Morgan fingerprint density at radius 3 is 2.33 bits per heavy atom. The second kappa shape index (κ2) is 5.98. The quantitative estimate of drug-likeness (QED) is 0.929. The molecule has 0 saturated heterocycles. The van der Waals surface area contributed by atoms with Gasteiger partial charge in [-0.05, 0) is 50.4 Å². The first-order valence-corrected chi connectivity index (χ1v) is 6.55. The lowest BCUT2D eigenvalue weighted by molar-refractivity contribution is 0.478. The van der Waals surface area contributed by atoms with Gasteiger partial charge >= 0.3 is 0 Å². The standard InChI is InChI=1S/C14H15BrN2O/c1-10(16-2)14-8-7-13(9-17-14)18-12-5-3-11(15)4-6-12/h3-10,16H,1-2H3. The molecule has 1 aromatic carbocycles. The molecule has 0 bridgehead atoms. The Morgan fingerprint density at radius 1 is 1.11 bits per heavy atom. The molecule has 1 heterocycles. The molecule has 0 aliphatic carbocycles. The molecule has 18 heavy (non-hydrogen) atoms. The van der Waals surface area contributed by atoms with Crippen molar-refractivity contribution in [1.82, 2.24) is 10.3 Å². The lowest BCUT2D eigenvalue weighted by Crippen LogP contribution is -2.13. The van der Waals surface area contributed by atoms with Crippen LogP contribution < -0.4 is 10.1 Å². The number of aromatic nitrogens is 1. The third-order valence-corrected chi connectivity index (χ3v) is 3.21. The van der Waals surface area contributed by atoms with Gasteiger partial charge in [0.2, 0.25) is 0 Å². The minimum Gasteiger partial charge on any atom is -0.456 e. The van der Waals surface area contributed by atoms with Crippen LogP contribution in [0.4, 0.5) is 0 Å². The Bertz CT molecular complexity index is 496. The zero-order valence-corrected chi connectivity index (χ0v) is 11.9. The van der Waals surface area contributed by atoms with Gasteiger partial charge in [-0.2, -0.15) is 0 Å². The van der Waals surface area contributed by atoms with Gasteiger partial charge in [-0.15, -0.1) is 0 Å². The molecule has 1 aromatic heterocycles. The molecule has 4 heteroatoms. The van der Waals surface area contributed by atoms with Crippen LogP contribution in [0.5, 0.6) is 11.5 Å². The summed E-state index contributed by atoms with van der Waals surface area (Å²) < 4.78 is 6.73. The van der Waals surface area contributed by atoms with E-state index in [1.54, 1.807) is 6.20 Å². The predicted molar refractivity (Wildman–Crippen MR) is 75.9 cm³/mol. The second-order valence-electron chi connectivity index (χ2n) is 3.99. The number of nitrogens with one attached hydrogen (secondary N) is 1. The van der Waals surface area contributed by atoms with E-state index in [0.29, 0.717) is 0 Å². The highest BCUT2D eigenvalue weighted by Gasteiger charge is 2.04. The number of rotatable bonds is 4. The van der Waals surface area contributed by atoms with Crippen LogP contribution in [0.2, 0.25) is 0 Å². The van der Waals surface area contributed by atoms with Crippen LogP contribution in [0.1, 0.15) is 18.7 Å². The fraction of sp³-hybridized carbons (Fsp3) is 0.214. The molecule has 0 aliphatic rings. The summed E-state index contributed by atoms with van der Waals surface area (Å²) in [5, 5.41) is 3.15. The number of halogens is 1. The largest absolute Gasteiger partial charge is 0.456 e. The van der Waals surface area contributed by atoms with Crippen molar-refractivity contribution in [2.45, 2.75) is 13.0 Å². The van der Waals surface area contributed by atoms with Gasteiger partial charge in [0.25, 0.3) is 0 Å². The van der Waals surface area contributed by atoms with E-state index >= 15 is 0 Å². The fourth-order valence-corrected chi connectivity index (χ4v) is 1.76. The van der Waals surface area contributed by atoms with Crippen molar-refractivity contribution >= 4 is 15.9 Å². The first kappa shape index (κ1) is 13.1. The summed E-state index contributed by atoms with van der Waals surface area (Å²) in [4.78, 5) is 4.37. The van der Waals surface area contributed by atoms with E-state index in [0.717, 1.165) is 21.7 Å². The molecule has 0 radical (unpaired) electrons. The molecule has 0 spiro atoms. The molecule has 0 aliphatic heterocycles. The number of nitrogens with zero attached hydrogens (tertiary/aromatic N) is 1. The molecule has 3 nitrogen and oxygen atoms in total. The highest BCUT2D eigenvalue weighted by molar-refractivity contribution is 9.10. The SMILES string of the molecule is CNC(C)c1ccc(Oc2ccc(Br)cc2)cn1. The second-order valence-corrected chi connectivity index (χ2v) is 4.90. The van der Waals surface area contributed by atoms with Crippen molar-refractivity contribution in [1.29, 1.82) is 0 Å². The molecule has 94 valence electrons. The summed E-state index contributed by atoms with van der Waals surface area (Å²) in [6.45, 7) is 2.07. The van der Waals surface area contributed by atoms with E-state index in [-0.39, 0.29) is 6.04 Å². The van der Waals surface area contributed by atoms with Crippen molar-refractivity contribution < 1.29 is 4.74 Å². The molecule has 1 N–H and O–H groups in total. The van der Waals surface area contributed by atoms with Crippen molar-refractivity contribution in [3.05, 3.63) is 52.8 Å². The summed E-state index contributed by atoms with van der Waals surface area (Å²) in [5.41, 5.74) is 1.00. The van der Waals surface area contributed by atoms with Gasteiger partial charge in [0.05, 0.1) is 11.9 Å². The number of pyridine rings is 1. The molecule has 0 amide bonds. The summed E-state index contributed by atoms with van der Waals surface area (Å²) >= 11 is 3.39. The van der Waals surface area contributed by atoms with Gasteiger partial charge in [0, 0.05) is 10.5 Å². The third-order valence-electron chi connectivity index (χ3n) is 2.69. The van der Waals surface area contributed by atoms with Gasteiger partial charge in [0.15, 0.2) is 0 Å². The van der Waals surface area contributed by atoms with Gasteiger partial charge in [-0.1, -0.05) is 15.9 Å². The number of ether oxygens (including phenoxy) is 1. The number of hydrogen-bond donors (Lipinski definition) is 1. The molecular formula is C14H15BrN2O. The van der Waals surface area contributed by atoms with Gasteiger partial charge in [-0.3, -0.25) is 4.98 Å². The van der Waals surface area contributed by atoms with E-state index in [9.17, 15) is 0 Å². The maximum absolute atomic E-state index is 5.70. The first-order valence-electron chi connectivity index (χ1n) is 5.75. The molecule has 2 aromatic rings. The monoisotopic (exact) mass is 306 g/mol. The van der Waals surface area contributed by atoms with Crippen LogP contribution >= 0.6 is 15.9 Å². The summed E-state index contributed by atoms with van der Waals surface area (Å²) in [6.07, 6.45) is 1.74. The van der Waals surface area contributed by atoms with Crippen molar-refractivity contribution in [3.63, 3.8) is 0 Å². The zero-order chi connectivity index (χ0) is 13.0. The van der Waals surface area contributed by atoms with Crippen molar-refractivity contribution in [2.75, 3.05) is 7.05 Å². The Balaban J connectivity index is 2.08. The highest BCUT2D eigenvalue weighted by atomic mass is 79.9. The van der Waals surface area contributed by atoms with E-state index in [2.05, 4.69) is 33.2 Å². The number of hydrogen-bond acceptors (Lipinski definition) is 3. The topological polar surface area (TPSA) is 34.1 Å². The van der Waals surface area contributed by atoms with Gasteiger partial charge < -0.3 is 10.1 Å². The zero-order valence-electron chi connectivity index (χ0n) is 10.4. The van der Waals surface area contributed by atoms with Gasteiger partial charge in [0.1, 0.15) is 11.5 Å². The summed E-state index contributed by atoms with van der Waals surface area (Å²) in [6, 6.07) is 11.8. The maximum Gasteiger partial charge on any atom is 0.145 e. The number of benzene rings is 1. The molecule has 0 saturated carbocycles. The molecular weight excluding hydrogens is 292 g/mol. The van der Waals surface area contributed by atoms with E-state index in [1.807, 2.05) is 43.4 Å². The normalized spacial score (nSPS) is 12.2. The van der Waals surface area contributed by atoms with E-state index < -0.39 is 0 Å². The predicted octanol–water partition coefficient (Wildman–Crippen LogP) is 3.92. The van der Waals surface area contributed by atoms with Crippen LogP contribution in [0, 0.1) is 0 Å². The van der Waals surface area contributed by atoms with Crippen LogP contribution in [0.25, 0.3) is 0 Å². The smallest absolute Gasteiger partial charge is 0.145 e. The summed E-state index contributed by atoms with van der Waals surface area (Å²) in [5.74, 6) is 1.54. The van der Waals surface area contributed by atoms with E-state index in [4.69, 9.17) is 4.74 Å². The maximum atomic E-state index is 5.70. The average Bonchev–Trinajstić information content (AvgIpc) is 2.41. The van der Waals surface area contributed by atoms with Crippen LogP contribution in [0.3, 0.4) is 0 Å².